The van der Waals surface area contributed by atoms with Crippen LogP contribution in [0.15, 0.2) is 48.7 Å². The highest BCUT2D eigenvalue weighted by molar-refractivity contribution is 5.89. The van der Waals surface area contributed by atoms with Crippen LogP contribution >= 0.6 is 0 Å². The number of anilines is 1. The third-order valence-electron chi connectivity index (χ3n) is 6.60. The van der Waals surface area contributed by atoms with Crippen molar-refractivity contribution in [1.82, 2.24) is 15.0 Å². The van der Waals surface area contributed by atoms with Gasteiger partial charge in [-0.2, -0.15) is 5.12 Å². The van der Waals surface area contributed by atoms with Gasteiger partial charge in [0, 0.05) is 43.0 Å². The monoisotopic (exact) mass is 554 g/mol. The van der Waals surface area contributed by atoms with Crippen LogP contribution in [0.5, 0.6) is 23.0 Å². The molecule has 0 bridgehead atoms. The van der Waals surface area contributed by atoms with Crippen LogP contribution in [0.2, 0.25) is 0 Å². The van der Waals surface area contributed by atoms with E-state index in [9.17, 15) is 9.28 Å². The van der Waals surface area contributed by atoms with Crippen molar-refractivity contribution in [2.45, 2.75) is 46.3 Å². The first-order chi connectivity index (χ1) is 19.2. The highest BCUT2D eigenvalue weighted by Gasteiger charge is 2.22. The number of methoxy groups -OCH3 is 1. The molecule has 1 aliphatic rings. The first-order valence-electron chi connectivity index (χ1n) is 13.7. The number of nitrogens with one attached hydrogen (secondary N) is 1. The fraction of sp³-hybridized carbons (Fsp3) is 0.467. The van der Waals surface area contributed by atoms with Gasteiger partial charge in [-0.1, -0.05) is 18.3 Å². The molecule has 10 heteroatoms. The molecular weight excluding hydrogens is 515 g/mol. The summed E-state index contributed by atoms with van der Waals surface area (Å²) in [6, 6.07) is 11.4. The predicted molar refractivity (Wildman–Crippen MR) is 153 cm³/mol. The highest BCUT2D eigenvalue weighted by Crippen LogP contribution is 2.37. The van der Waals surface area contributed by atoms with Crippen LogP contribution in [0.3, 0.4) is 0 Å². The van der Waals surface area contributed by atoms with E-state index in [1.54, 1.807) is 43.6 Å². The molecule has 40 heavy (non-hydrogen) atoms. The van der Waals surface area contributed by atoms with Crippen molar-refractivity contribution in [3.63, 3.8) is 0 Å². The van der Waals surface area contributed by atoms with E-state index in [4.69, 9.17) is 18.9 Å². The number of urea groups is 1. The number of carbonyl (C=O) groups excluding carboxylic acids is 1. The summed E-state index contributed by atoms with van der Waals surface area (Å²) >= 11 is 0. The van der Waals surface area contributed by atoms with Crippen LogP contribution in [0.4, 0.5) is 15.0 Å². The Balaban J connectivity index is 1.40. The van der Waals surface area contributed by atoms with Crippen molar-refractivity contribution < 1.29 is 28.2 Å². The zero-order valence-corrected chi connectivity index (χ0v) is 23.9. The fourth-order valence-corrected chi connectivity index (χ4v) is 4.63. The zero-order chi connectivity index (χ0) is 28.6. The number of hydrogen-bond acceptors (Lipinski definition) is 7. The number of halogens is 1. The number of amides is 2. The van der Waals surface area contributed by atoms with E-state index in [2.05, 4.69) is 29.0 Å². The summed E-state index contributed by atoms with van der Waals surface area (Å²) in [5, 5.41) is 3.52. The molecule has 0 saturated carbocycles. The highest BCUT2D eigenvalue weighted by atomic mass is 19.2. The molecule has 1 aromatic heterocycles. The van der Waals surface area contributed by atoms with E-state index >= 15 is 0 Å². The lowest BCUT2D eigenvalue weighted by Gasteiger charge is -2.35. The largest absolute Gasteiger partial charge is 0.493 e. The van der Waals surface area contributed by atoms with Gasteiger partial charge in [0.2, 0.25) is 0 Å². The molecule has 2 atom stereocenters. The predicted octanol–water partition coefficient (Wildman–Crippen LogP) is 6.29. The number of carbonyl (C=O) groups is 1. The Labute approximate surface area is 235 Å². The number of aromatic nitrogens is 1. The summed E-state index contributed by atoms with van der Waals surface area (Å²) in [4.78, 5) is 18.9. The van der Waals surface area contributed by atoms with E-state index in [-0.39, 0.29) is 23.9 Å². The molecule has 2 heterocycles. The standard InChI is InChI=1S/C30H39FN4O5/c1-20(2)11-13-35(31)30(36)33-23-6-8-24(9-7-23)40-27-10-12-32-26-17-29(28(37-5)16-25(26)27)38-15-14-34-18-21(3)39-22(4)19-34/h6-10,12,16-17,20-22H,11,13-15,18-19H2,1-5H3,(H,33,36). The smallest absolute Gasteiger partial charge is 0.349 e. The van der Waals surface area contributed by atoms with Gasteiger partial charge in [-0.3, -0.25) is 9.88 Å². The van der Waals surface area contributed by atoms with Crippen molar-refractivity contribution in [3.05, 3.63) is 48.7 Å². The minimum Gasteiger partial charge on any atom is -0.493 e. The summed E-state index contributed by atoms with van der Waals surface area (Å²) < 4.78 is 37.7. The molecule has 4 rings (SSSR count). The number of ether oxygens (including phenoxy) is 4. The first-order valence-corrected chi connectivity index (χ1v) is 13.7. The molecule has 2 aromatic carbocycles. The second-order valence-electron chi connectivity index (χ2n) is 10.5. The molecule has 9 nitrogen and oxygen atoms in total. The van der Waals surface area contributed by atoms with Crippen molar-refractivity contribution in [2.75, 3.05) is 45.2 Å². The average Bonchev–Trinajstić information content (AvgIpc) is 2.92. The molecule has 0 radical (unpaired) electrons. The lowest BCUT2D eigenvalue weighted by Crippen LogP contribution is -2.46. The third-order valence-corrected chi connectivity index (χ3v) is 6.60. The Hall–Kier alpha value is -3.63. The van der Waals surface area contributed by atoms with Crippen LogP contribution in [-0.2, 0) is 4.74 Å². The molecule has 2 amide bonds. The van der Waals surface area contributed by atoms with Crippen LogP contribution < -0.4 is 19.5 Å². The van der Waals surface area contributed by atoms with E-state index < -0.39 is 6.03 Å². The average molecular weight is 555 g/mol. The molecule has 0 aliphatic carbocycles. The molecular formula is C30H39FN4O5. The molecule has 1 fully saturated rings. The normalized spacial score (nSPS) is 17.6. The maximum atomic E-state index is 14.0. The maximum absolute atomic E-state index is 14.0. The van der Waals surface area contributed by atoms with Crippen molar-refractivity contribution in [2.24, 2.45) is 5.92 Å². The summed E-state index contributed by atoms with van der Waals surface area (Å²) in [5.41, 5.74) is 1.17. The first kappa shape index (κ1) is 29.4. The molecule has 1 saturated heterocycles. The van der Waals surface area contributed by atoms with Crippen LogP contribution in [0, 0.1) is 5.92 Å². The van der Waals surface area contributed by atoms with Crippen molar-refractivity contribution in [3.8, 4) is 23.0 Å². The summed E-state index contributed by atoms with van der Waals surface area (Å²) in [7, 11) is 1.60. The minimum atomic E-state index is -0.798. The van der Waals surface area contributed by atoms with E-state index in [0.717, 1.165) is 25.0 Å². The van der Waals surface area contributed by atoms with Crippen LogP contribution in [0.25, 0.3) is 10.9 Å². The lowest BCUT2D eigenvalue weighted by atomic mass is 10.1. The maximum Gasteiger partial charge on any atom is 0.349 e. The topological polar surface area (TPSA) is 85.4 Å². The van der Waals surface area contributed by atoms with E-state index in [1.165, 1.54) is 0 Å². The fourth-order valence-electron chi connectivity index (χ4n) is 4.63. The second kappa shape index (κ2) is 13.6. The van der Waals surface area contributed by atoms with Gasteiger partial charge in [0.15, 0.2) is 11.5 Å². The Morgan fingerprint density at radius 2 is 1.85 bits per heavy atom. The number of benzene rings is 2. The SMILES string of the molecule is COc1cc2c(Oc3ccc(NC(=O)N(F)CCC(C)C)cc3)ccnc2cc1OCCN1CC(C)OC(C)C1. The van der Waals surface area contributed by atoms with Crippen molar-refractivity contribution >= 4 is 22.6 Å². The van der Waals surface area contributed by atoms with Gasteiger partial charge >= 0.3 is 6.03 Å². The number of morpholine rings is 1. The second-order valence-corrected chi connectivity index (χ2v) is 10.5. The molecule has 2 unspecified atom stereocenters. The van der Waals surface area contributed by atoms with Gasteiger partial charge in [0.1, 0.15) is 18.1 Å². The zero-order valence-electron chi connectivity index (χ0n) is 23.9. The van der Waals surface area contributed by atoms with Gasteiger partial charge in [-0.15, -0.1) is 0 Å². The Bertz CT molecular complexity index is 1260. The Morgan fingerprint density at radius 1 is 1.12 bits per heavy atom. The van der Waals surface area contributed by atoms with Crippen molar-refractivity contribution in [1.29, 1.82) is 0 Å². The van der Waals surface area contributed by atoms with Gasteiger partial charge < -0.3 is 24.3 Å². The summed E-state index contributed by atoms with van der Waals surface area (Å²) in [6.45, 7) is 11.2. The van der Waals surface area contributed by atoms with Gasteiger partial charge in [-0.05, 0) is 62.6 Å². The lowest BCUT2D eigenvalue weighted by molar-refractivity contribution is -0.0699. The van der Waals surface area contributed by atoms with E-state index in [0.29, 0.717) is 53.1 Å². The van der Waals surface area contributed by atoms with Crippen LogP contribution in [0.1, 0.15) is 34.1 Å². The minimum absolute atomic E-state index is 0.0441. The molecule has 3 aromatic rings. The molecule has 1 aliphatic heterocycles. The van der Waals surface area contributed by atoms with Gasteiger partial charge in [0.25, 0.3) is 0 Å². The van der Waals surface area contributed by atoms with E-state index in [1.807, 2.05) is 26.0 Å². The van der Waals surface area contributed by atoms with Gasteiger partial charge in [0.05, 0.1) is 31.4 Å². The third kappa shape index (κ3) is 7.95. The summed E-state index contributed by atoms with van der Waals surface area (Å²) in [6.07, 6.45) is 2.67. The molecule has 216 valence electrons. The van der Waals surface area contributed by atoms with Crippen LogP contribution in [-0.4, -0.2) is 73.1 Å². The number of pyridine rings is 1. The summed E-state index contributed by atoms with van der Waals surface area (Å²) in [5.74, 6) is 2.64. The molecule has 1 N–H and O–H groups in total. The number of fused-ring (bicyclic) bond motifs is 1. The quantitative estimate of drug-likeness (QED) is 0.279. The Morgan fingerprint density at radius 3 is 2.52 bits per heavy atom. The Kier molecular flexibility index (Phi) is 10.0. The molecule has 0 spiro atoms. The number of rotatable bonds is 11. The van der Waals surface area contributed by atoms with Gasteiger partial charge in [-0.25, -0.2) is 4.79 Å². The number of hydrogen-bond donors (Lipinski definition) is 1. The number of nitrogens with zero attached hydrogens (tertiary/aromatic N) is 3.